The Balaban J connectivity index is 1.70. The summed E-state index contributed by atoms with van der Waals surface area (Å²) in [5.74, 6) is 0. The Morgan fingerprint density at radius 3 is 2.42 bits per heavy atom. The van der Waals surface area contributed by atoms with Gasteiger partial charge >= 0.3 is 0 Å². The maximum Gasteiger partial charge on any atom is 0.0829 e. The molecule has 0 aromatic rings. The molecule has 1 unspecified atom stereocenters. The predicted octanol–water partition coefficient (Wildman–Crippen LogP) is -0.294. The number of hydrogen-bond donors (Lipinski definition) is 1. The van der Waals surface area contributed by atoms with E-state index in [0.29, 0.717) is 12.1 Å². The first-order valence-electron chi connectivity index (χ1n) is 7.60. The lowest BCUT2D eigenvalue weighted by molar-refractivity contribution is -0.0566. The molecule has 2 saturated heterocycles. The standard InChI is InChI=1S/C14H29N3O2/c1-13(2)17-8-10-19-14(12-17)11-16-5-3-15(4-6-16)7-9-18/h13-14,18H,3-12H2,1-2H3. The molecule has 112 valence electrons. The van der Waals surface area contributed by atoms with E-state index in [0.717, 1.165) is 59.0 Å². The van der Waals surface area contributed by atoms with Gasteiger partial charge in [-0.15, -0.1) is 0 Å². The summed E-state index contributed by atoms with van der Waals surface area (Å²) >= 11 is 0. The van der Waals surface area contributed by atoms with Crippen LogP contribution in [0.5, 0.6) is 0 Å². The molecule has 2 fully saturated rings. The van der Waals surface area contributed by atoms with Crippen molar-refractivity contribution in [2.45, 2.75) is 26.0 Å². The van der Waals surface area contributed by atoms with E-state index in [1.165, 1.54) is 0 Å². The number of nitrogens with zero attached hydrogens (tertiary/aromatic N) is 3. The molecule has 2 rings (SSSR count). The number of ether oxygens (including phenoxy) is 1. The normalized spacial score (nSPS) is 28.1. The van der Waals surface area contributed by atoms with Crippen LogP contribution in [-0.2, 0) is 4.74 Å². The van der Waals surface area contributed by atoms with E-state index in [1.54, 1.807) is 0 Å². The number of hydrogen-bond acceptors (Lipinski definition) is 5. The molecule has 1 atom stereocenters. The fraction of sp³-hybridized carbons (Fsp3) is 1.00. The van der Waals surface area contributed by atoms with Crippen LogP contribution in [0.15, 0.2) is 0 Å². The minimum Gasteiger partial charge on any atom is -0.395 e. The third-order valence-electron chi connectivity index (χ3n) is 4.24. The van der Waals surface area contributed by atoms with Crippen molar-refractivity contribution in [2.24, 2.45) is 0 Å². The number of rotatable bonds is 5. The lowest BCUT2D eigenvalue weighted by Crippen LogP contribution is -2.53. The molecule has 0 aromatic heterocycles. The summed E-state index contributed by atoms with van der Waals surface area (Å²) in [6.07, 6.45) is 0.362. The van der Waals surface area contributed by atoms with Crippen LogP contribution in [0.2, 0.25) is 0 Å². The predicted molar refractivity (Wildman–Crippen MR) is 76.4 cm³/mol. The number of β-amino-alcohol motifs (C(OH)–C–C–N with tert-alkyl or cyclic N) is 1. The zero-order valence-electron chi connectivity index (χ0n) is 12.4. The maximum atomic E-state index is 8.95. The zero-order chi connectivity index (χ0) is 13.7. The van der Waals surface area contributed by atoms with Gasteiger partial charge in [-0.25, -0.2) is 0 Å². The number of piperazine rings is 1. The quantitative estimate of drug-likeness (QED) is 0.744. The molecule has 2 heterocycles. The largest absolute Gasteiger partial charge is 0.395 e. The van der Waals surface area contributed by atoms with Gasteiger partial charge in [0.2, 0.25) is 0 Å². The summed E-state index contributed by atoms with van der Waals surface area (Å²) < 4.78 is 5.90. The highest BCUT2D eigenvalue weighted by Gasteiger charge is 2.25. The van der Waals surface area contributed by atoms with Crippen LogP contribution in [0.25, 0.3) is 0 Å². The lowest BCUT2D eigenvalue weighted by atomic mass is 10.2. The van der Waals surface area contributed by atoms with Crippen LogP contribution in [0, 0.1) is 0 Å². The summed E-state index contributed by atoms with van der Waals surface area (Å²) in [4.78, 5) is 7.34. The first kappa shape index (κ1) is 15.2. The Morgan fingerprint density at radius 2 is 1.79 bits per heavy atom. The van der Waals surface area contributed by atoms with Gasteiger partial charge in [-0.05, 0) is 13.8 Å². The molecule has 2 aliphatic rings. The second-order valence-electron chi connectivity index (χ2n) is 5.95. The van der Waals surface area contributed by atoms with Crippen LogP contribution in [0.1, 0.15) is 13.8 Å². The molecule has 0 radical (unpaired) electrons. The Hall–Kier alpha value is -0.200. The molecular formula is C14H29N3O2. The summed E-state index contributed by atoms with van der Waals surface area (Å²) in [7, 11) is 0. The third-order valence-corrected chi connectivity index (χ3v) is 4.24. The summed E-state index contributed by atoms with van der Waals surface area (Å²) in [5.41, 5.74) is 0. The SMILES string of the molecule is CC(C)N1CCOC(CN2CCN(CCO)CC2)C1. The lowest BCUT2D eigenvalue weighted by Gasteiger charge is -2.40. The van der Waals surface area contributed by atoms with Crippen molar-refractivity contribution < 1.29 is 9.84 Å². The number of aliphatic hydroxyl groups excluding tert-OH is 1. The Morgan fingerprint density at radius 1 is 1.11 bits per heavy atom. The molecule has 0 bridgehead atoms. The highest BCUT2D eigenvalue weighted by Crippen LogP contribution is 2.11. The number of aliphatic hydroxyl groups is 1. The van der Waals surface area contributed by atoms with Crippen molar-refractivity contribution in [3.8, 4) is 0 Å². The molecule has 2 aliphatic heterocycles. The minimum absolute atomic E-state index is 0.273. The van der Waals surface area contributed by atoms with E-state index in [1.807, 2.05) is 0 Å². The molecule has 0 saturated carbocycles. The molecule has 0 spiro atoms. The van der Waals surface area contributed by atoms with E-state index < -0.39 is 0 Å². The van der Waals surface area contributed by atoms with E-state index in [4.69, 9.17) is 9.84 Å². The van der Waals surface area contributed by atoms with Crippen LogP contribution in [0.3, 0.4) is 0 Å². The van der Waals surface area contributed by atoms with Gasteiger partial charge in [-0.3, -0.25) is 14.7 Å². The minimum atomic E-state index is 0.273. The summed E-state index contributed by atoms with van der Waals surface area (Å²) in [6.45, 7) is 14.0. The smallest absolute Gasteiger partial charge is 0.0829 e. The zero-order valence-corrected chi connectivity index (χ0v) is 12.4. The molecule has 0 aliphatic carbocycles. The van der Waals surface area contributed by atoms with Gasteiger partial charge < -0.3 is 9.84 Å². The van der Waals surface area contributed by atoms with Gasteiger partial charge in [-0.2, -0.15) is 0 Å². The Labute approximate surface area is 117 Å². The maximum absolute atomic E-state index is 8.95. The van der Waals surface area contributed by atoms with Crippen molar-refractivity contribution in [2.75, 3.05) is 65.6 Å². The fourth-order valence-electron chi connectivity index (χ4n) is 2.95. The van der Waals surface area contributed by atoms with Gasteiger partial charge in [0.15, 0.2) is 0 Å². The van der Waals surface area contributed by atoms with Gasteiger partial charge in [0.25, 0.3) is 0 Å². The van der Waals surface area contributed by atoms with E-state index in [9.17, 15) is 0 Å². The van der Waals surface area contributed by atoms with Gasteiger partial charge in [0.05, 0.1) is 19.3 Å². The van der Waals surface area contributed by atoms with Crippen molar-refractivity contribution in [1.29, 1.82) is 0 Å². The van der Waals surface area contributed by atoms with Gasteiger partial charge in [0, 0.05) is 58.4 Å². The van der Waals surface area contributed by atoms with Crippen molar-refractivity contribution in [3.05, 3.63) is 0 Å². The molecule has 5 nitrogen and oxygen atoms in total. The monoisotopic (exact) mass is 271 g/mol. The first-order chi connectivity index (χ1) is 9.19. The summed E-state index contributed by atoms with van der Waals surface area (Å²) in [6, 6.07) is 0.618. The van der Waals surface area contributed by atoms with Crippen molar-refractivity contribution in [1.82, 2.24) is 14.7 Å². The van der Waals surface area contributed by atoms with Gasteiger partial charge in [0.1, 0.15) is 0 Å². The second-order valence-corrected chi connectivity index (χ2v) is 5.95. The first-order valence-corrected chi connectivity index (χ1v) is 7.60. The molecule has 19 heavy (non-hydrogen) atoms. The van der Waals surface area contributed by atoms with Crippen LogP contribution in [0.4, 0.5) is 0 Å². The average molecular weight is 271 g/mol. The van der Waals surface area contributed by atoms with Crippen LogP contribution < -0.4 is 0 Å². The number of morpholine rings is 1. The van der Waals surface area contributed by atoms with Crippen LogP contribution >= 0.6 is 0 Å². The molecular weight excluding hydrogens is 242 g/mol. The highest BCUT2D eigenvalue weighted by atomic mass is 16.5. The van der Waals surface area contributed by atoms with Crippen molar-refractivity contribution in [3.63, 3.8) is 0 Å². The van der Waals surface area contributed by atoms with Crippen molar-refractivity contribution >= 4 is 0 Å². The van der Waals surface area contributed by atoms with Gasteiger partial charge in [-0.1, -0.05) is 0 Å². The Bertz CT molecular complexity index is 255. The highest BCUT2D eigenvalue weighted by molar-refractivity contribution is 4.79. The molecule has 1 N–H and O–H groups in total. The molecule has 0 aromatic carbocycles. The summed E-state index contributed by atoms with van der Waals surface area (Å²) in [5, 5.41) is 8.95. The van der Waals surface area contributed by atoms with E-state index in [2.05, 4.69) is 28.5 Å². The average Bonchev–Trinajstić information content (AvgIpc) is 2.42. The Kier molecular flexibility index (Phi) is 6.04. The molecule has 0 amide bonds. The fourth-order valence-corrected chi connectivity index (χ4v) is 2.95. The van der Waals surface area contributed by atoms with Crippen LogP contribution in [-0.4, -0.2) is 97.5 Å². The van der Waals surface area contributed by atoms with E-state index in [-0.39, 0.29) is 6.61 Å². The second kappa shape index (κ2) is 7.55. The third kappa shape index (κ3) is 4.68. The van der Waals surface area contributed by atoms with E-state index >= 15 is 0 Å². The molecule has 5 heteroatoms. The topological polar surface area (TPSA) is 39.2 Å².